The summed E-state index contributed by atoms with van der Waals surface area (Å²) in [7, 11) is 1.76. The number of carboxylic acids is 1. The molecule has 0 bridgehead atoms. The number of hydrogen-bond acceptors (Lipinski definition) is 4. The first kappa shape index (κ1) is 14.7. The summed E-state index contributed by atoms with van der Waals surface area (Å²) in [5.74, 6) is -1.00. The van der Waals surface area contributed by atoms with Crippen LogP contribution in [0.5, 0.6) is 0 Å². The van der Waals surface area contributed by atoms with E-state index >= 15 is 0 Å². The number of nitrogens with zero attached hydrogens (tertiary/aromatic N) is 3. The number of aromatic carboxylic acids is 1. The molecule has 1 fully saturated rings. The van der Waals surface area contributed by atoms with Gasteiger partial charge >= 0.3 is 5.97 Å². The van der Waals surface area contributed by atoms with Crippen LogP contribution in [-0.4, -0.2) is 51.9 Å². The highest BCUT2D eigenvalue weighted by Crippen LogP contribution is 2.21. The first-order valence-electron chi connectivity index (χ1n) is 7.43. The number of nitrogens with one attached hydrogen (secondary N) is 1. The summed E-state index contributed by atoms with van der Waals surface area (Å²) in [6.07, 6.45) is 0. The van der Waals surface area contributed by atoms with Crippen molar-refractivity contribution in [2.75, 3.05) is 26.2 Å². The number of piperazine rings is 1. The summed E-state index contributed by atoms with van der Waals surface area (Å²) >= 11 is 0. The van der Waals surface area contributed by atoms with Crippen molar-refractivity contribution >= 4 is 5.97 Å². The third kappa shape index (κ3) is 3.18. The van der Waals surface area contributed by atoms with E-state index in [9.17, 15) is 4.79 Å². The van der Waals surface area contributed by atoms with Crippen LogP contribution in [0.15, 0.2) is 30.3 Å². The van der Waals surface area contributed by atoms with E-state index in [0.29, 0.717) is 0 Å². The normalized spacial score (nSPS) is 15.9. The van der Waals surface area contributed by atoms with Gasteiger partial charge in [-0.2, -0.15) is 5.10 Å². The van der Waals surface area contributed by atoms with Gasteiger partial charge < -0.3 is 10.4 Å². The van der Waals surface area contributed by atoms with Crippen LogP contribution in [0, 0.1) is 0 Å². The molecule has 6 heteroatoms. The first-order chi connectivity index (χ1) is 10.6. The second-order valence-corrected chi connectivity index (χ2v) is 5.57. The number of hydrogen-bond donors (Lipinski definition) is 2. The van der Waals surface area contributed by atoms with Crippen LogP contribution in [0.1, 0.15) is 16.1 Å². The van der Waals surface area contributed by atoms with E-state index in [1.165, 1.54) is 5.56 Å². The molecule has 1 aromatic carbocycles. The van der Waals surface area contributed by atoms with E-state index in [1.807, 2.05) is 12.1 Å². The average molecular weight is 300 g/mol. The summed E-state index contributed by atoms with van der Waals surface area (Å²) in [5.41, 5.74) is 3.13. The molecule has 0 radical (unpaired) electrons. The minimum absolute atomic E-state index is 0.0717. The second-order valence-electron chi connectivity index (χ2n) is 5.57. The zero-order valence-electron chi connectivity index (χ0n) is 12.6. The lowest BCUT2D eigenvalue weighted by Crippen LogP contribution is -2.42. The molecular formula is C16H20N4O2. The van der Waals surface area contributed by atoms with Crippen molar-refractivity contribution in [3.63, 3.8) is 0 Å². The maximum absolute atomic E-state index is 11.0. The van der Waals surface area contributed by atoms with Gasteiger partial charge in [-0.25, -0.2) is 4.79 Å². The van der Waals surface area contributed by atoms with Gasteiger partial charge in [-0.1, -0.05) is 24.3 Å². The molecule has 2 heterocycles. The molecule has 1 saturated heterocycles. The third-order valence-corrected chi connectivity index (χ3v) is 3.96. The van der Waals surface area contributed by atoms with E-state index in [1.54, 1.807) is 17.8 Å². The van der Waals surface area contributed by atoms with Gasteiger partial charge in [0.15, 0.2) is 5.69 Å². The van der Waals surface area contributed by atoms with Gasteiger partial charge in [-0.3, -0.25) is 9.58 Å². The molecule has 0 spiro atoms. The lowest BCUT2D eigenvalue weighted by molar-refractivity contribution is 0.0689. The number of rotatable bonds is 4. The van der Waals surface area contributed by atoms with Gasteiger partial charge in [0, 0.05) is 39.8 Å². The van der Waals surface area contributed by atoms with Crippen molar-refractivity contribution in [3.8, 4) is 11.3 Å². The van der Waals surface area contributed by atoms with Crippen LogP contribution in [0.4, 0.5) is 0 Å². The van der Waals surface area contributed by atoms with Crippen molar-refractivity contribution in [2.24, 2.45) is 7.05 Å². The van der Waals surface area contributed by atoms with Crippen LogP contribution in [0.3, 0.4) is 0 Å². The Labute approximate surface area is 129 Å². The van der Waals surface area contributed by atoms with E-state index in [4.69, 9.17) is 5.11 Å². The van der Waals surface area contributed by atoms with E-state index in [0.717, 1.165) is 44.0 Å². The van der Waals surface area contributed by atoms with Gasteiger partial charge in [-0.15, -0.1) is 0 Å². The molecule has 0 saturated carbocycles. The Morgan fingerprint density at radius 1 is 1.27 bits per heavy atom. The lowest BCUT2D eigenvalue weighted by atomic mass is 10.1. The van der Waals surface area contributed by atoms with Crippen molar-refractivity contribution in [1.29, 1.82) is 0 Å². The molecule has 6 nitrogen and oxygen atoms in total. The highest BCUT2D eigenvalue weighted by molar-refractivity contribution is 5.87. The molecule has 1 aliphatic heterocycles. The standard InChI is InChI=1S/C16H20N4O2/c1-19-15(10-14(18-19)16(21)22)13-4-2-12(3-5-13)11-20-8-6-17-7-9-20/h2-5,10,17H,6-9,11H2,1H3,(H,21,22). The summed E-state index contributed by atoms with van der Waals surface area (Å²) in [5, 5.41) is 16.4. The SMILES string of the molecule is Cn1nc(C(=O)O)cc1-c1ccc(CN2CCNCC2)cc1. The molecular weight excluding hydrogens is 280 g/mol. The van der Waals surface area contributed by atoms with Gasteiger partial charge in [0.05, 0.1) is 5.69 Å². The number of carbonyl (C=O) groups is 1. The predicted octanol–water partition coefficient (Wildman–Crippen LogP) is 1.19. The fourth-order valence-corrected chi connectivity index (χ4v) is 2.75. The molecule has 0 atom stereocenters. The molecule has 2 N–H and O–H groups in total. The quantitative estimate of drug-likeness (QED) is 0.887. The van der Waals surface area contributed by atoms with E-state index in [-0.39, 0.29) is 5.69 Å². The minimum atomic E-state index is -1.00. The number of carboxylic acid groups (broad SMARTS) is 1. The van der Waals surface area contributed by atoms with Crippen molar-refractivity contribution in [1.82, 2.24) is 20.0 Å². The summed E-state index contributed by atoms with van der Waals surface area (Å²) in [6.45, 7) is 5.20. The third-order valence-electron chi connectivity index (χ3n) is 3.96. The Morgan fingerprint density at radius 2 is 1.95 bits per heavy atom. The maximum Gasteiger partial charge on any atom is 0.356 e. The summed E-state index contributed by atoms with van der Waals surface area (Å²) < 4.78 is 1.61. The average Bonchev–Trinajstić information content (AvgIpc) is 2.91. The van der Waals surface area contributed by atoms with Gasteiger partial charge in [-0.05, 0) is 17.2 Å². The largest absolute Gasteiger partial charge is 0.476 e. The molecule has 3 rings (SSSR count). The second kappa shape index (κ2) is 6.29. The van der Waals surface area contributed by atoms with Crippen LogP contribution in [0.25, 0.3) is 11.3 Å². The Balaban J connectivity index is 1.74. The van der Waals surface area contributed by atoms with Crippen molar-refractivity contribution in [3.05, 3.63) is 41.6 Å². The summed E-state index contributed by atoms with van der Waals surface area (Å²) in [6, 6.07) is 9.86. The van der Waals surface area contributed by atoms with Crippen molar-refractivity contribution in [2.45, 2.75) is 6.54 Å². The Kier molecular flexibility index (Phi) is 4.22. The maximum atomic E-state index is 11.0. The van der Waals surface area contributed by atoms with Crippen LogP contribution < -0.4 is 5.32 Å². The smallest absolute Gasteiger partial charge is 0.356 e. The molecule has 1 aromatic heterocycles. The van der Waals surface area contributed by atoms with Gasteiger partial charge in [0.2, 0.25) is 0 Å². The monoisotopic (exact) mass is 300 g/mol. The fraction of sp³-hybridized carbons (Fsp3) is 0.375. The minimum Gasteiger partial charge on any atom is -0.476 e. The molecule has 2 aromatic rings. The van der Waals surface area contributed by atoms with Crippen LogP contribution >= 0.6 is 0 Å². The highest BCUT2D eigenvalue weighted by atomic mass is 16.4. The van der Waals surface area contributed by atoms with Crippen molar-refractivity contribution < 1.29 is 9.90 Å². The van der Waals surface area contributed by atoms with Crippen LogP contribution in [0.2, 0.25) is 0 Å². The number of benzene rings is 1. The fourth-order valence-electron chi connectivity index (χ4n) is 2.75. The van der Waals surface area contributed by atoms with Crippen LogP contribution in [-0.2, 0) is 13.6 Å². The predicted molar refractivity (Wildman–Crippen MR) is 83.8 cm³/mol. The molecule has 0 unspecified atom stereocenters. The molecule has 22 heavy (non-hydrogen) atoms. The number of aryl methyl sites for hydroxylation is 1. The molecule has 0 amide bonds. The zero-order chi connectivity index (χ0) is 15.5. The first-order valence-corrected chi connectivity index (χ1v) is 7.43. The van der Waals surface area contributed by atoms with Gasteiger partial charge in [0.25, 0.3) is 0 Å². The van der Waals surface area contributed by atoms with E-state index < -0.39 is 5.97 Å². The lowest BCUT2D eigenvalue weighted by Gasteiger charge is -2.27. The topological polar surface area (TPSA) is 70.4 Å². The molecule has 0 aliphatic carbocycles. The Morgan fingerprint density at radius 3 is 2.55 bits per heavy atom. The van der Waals surface area contributed by atoms with Gasteiger partial charge in [0.1, 0.15) is 0 Å². The molecule has 1 aliphatic rings. The molecule has 116 valence electrons. The zero-order valence-corrected chi connectivity index (χ0v) is 12.6. The van der Waals surface area contributed by atoms with E-state index in [2.05, 4.69) is 27.4 Å². The highest BCUT2D eigenvalue weighted by Gasteiger charge is 2.13. The summed E-state index contributed by atoms with van der Waals surface area (Å²) in [4.78, 5) is 13.4. The number of aromatic nitrogens is 2. The Hall–Kier alpha value is -2.18. The Bertz CT molecular complexity index is 657.